The van der Waals surface area contributed by atoms with Gasteiger partial charge < -0.3 is 10.6 Å². The summed E-state index contributed by atoms with van der Waals surface area (Å²) in [6, 6.07) is 13.5. The van der Waals surface area contributed by atoms with Crippen molar-refractivity contribution in [2.45, 2.75) is 33.1 Å². The monoisotopic (exact) mass is 280 g/mol. The first kappa shape index (κ1) is 14.0. The summed E-state index contributed by atoms with van der Waals surface area (Å²) in [5.74, 6) is 0. The molecule has 0 saturated carbocycles. The molecule has 1 aliphatic rings. The van der Waals surface area contributed by atoms with Crippen molar-refractivity contribution in [2.75, 3.05) is 23.7 Å². The van der Waals surface area contributed by atoms with Crippen LogP contribution in [0.2, 0.25) is 0 Å². The topological polar surface area (TPSA) is 24.1 Å². The maximum Gasteiger partial charge on any atom is 0.0343 e. The highest BCUT2D eigenvalue weighted by Crippen LogP contribution is 2.50. The molecule has 2 aromatic carbocycles. The lowest BCUT2D eigenvalue weighted by molar-refractivity contribution is 0.660. The van der Waals surface area contributed by atoms with Gasteiger partial charge in [0.15, 0.2) is 0 Å². The third kappa shape index (κ3) is 2.19. The molecule has 0 aliphatic heterocycles. The van der Waals surface area contributed by atoms with Crippen LogP contribution in [0.3, 0.4) is 0 Å². The minimum absolute atomic E-state index is 0.0571. The first-order valence-corrected chi connectivity index (χ1v) is 7.85. The number of nitrogens with one attached hydrogen (secondary N) is 2. The summed E-state index contributed by atoms with van der Waals surface area (Å²) in [6.45, 7) is 10.8. The van der Waals surface area contributed by atoms with E-state index in [1.165, 1.54) is 33.6 Å². The Morgan fingerprint density at radius 2 is 1.19 bits per heavy atom. The van der Waals surface area contributed by atoms with Crippen molar-refractivity contribution in [3.05, 3.63) is 47.5 Å². The van der Waals surface area contributed by atoms with Crippen molar-refractivity contribution in [2.24, 2.45) is 0 Å². The molecule has 0 aromatic heterocycles. The van der Waals surface area contributed by atoms with Crippen LogP contribution in [0.4, 0.5) is 11.4 Å². The van der Waals surface area contributed by atoms with Crippen molar-refractivity contribution < 1.29 is 0 Å². The van der Waals surface area contributed by atoms with Gasteiger partial charge >= 0.3 is 0 Å². The second-order valence-electron chi connectivity index (χ2n) is 6.21. The Hall–Kier alpha value is -1.96. The van der Waals surface area contributed by atoms with E-state index in [0.29, 0.717) is 0 Å². The molecule has 0 radical (unpaired) electrons. The molecular formula is C19H24N2. The lowest BCUT2D eigenvalue weighted by Gasteiger charge is -2.22. The minimum atomic E-state index is 0.0571. The Kier molecular flexibility index (Phi) is 3.40. The number of rotatable bonds is 4. The Bertz CT molecular complexity index is 614. The van der Waals surface area contributed by atoms with Crippen molar-refractivity contribution in [3.8, 4) is 11.1 Å². The van der Waals surface area contributed by atoms with Crippen LogP contribution in [0.5, 0.6) is 0 Å². The van der Waals surface area contributed by atoms with Crippen LogP contribution in [-0.2, 0) is 5.41 Å². The fourth-order valence-corrected chi connectivity index (χ4v) is 3.37. The summed E-state index contributed by atoms with van der Waals surface area (Å²) in [7, 11) is 0. The van der Waals surface area contributed by atoms with Crippen molar-refractivity contribution in [1.29, 1.82) is 0 Å². The Morgan fingerprint density at radius 3 is 1.57 bits per heavy atom. The molecule has 1 aliphatic carbocycles. The van der Waals surface area contributed by atoms with E-state index in [0.717, 1.165) is 13.1 Å². The molecule has 110 valence electrons. The first-order chi connectivity index (χ1) is 10.1. The summed E-state index contributed by atoms with van der Waals surface area (Å²) in [6.07, 6.45) is 0. The quantitative estimate of drug-likeness (QED) is 0.836. The molecule has 2 heteroatoms. The van der Waals surface area contributed by atoms with Crippen LogP contribution < -0.4 is 10.6 Å². The van der Waals surface area contributed by atoms with Crippen molar-refractivity contribution in [1.82, 2.24) is 0 Å². The van der Waals surface area contributed by atoms with E-state index in [1.54, 1.807) is 0 Å². The van der Waals surface area contributed by atoms with Crippen LogP contribution in [-0.4, -0.2) is 13.1 Å². The van der Waals surface area contributed by atoms with Gasteiger partial charge in [-0.3, -0.25) is 0 Å². The third-order valence-electron chi connectivity index (χ3n) is 4.44. The number of benzene rings is 2. The highest BCUT2D eigenvalue weighted by atomic mass is 14.9. The van der Waals surface area contributed by atoms with Crippen LogP contribution >= 0.6 is 0 Å². The molecule has 21 heavy (non-hydrogen) atoms. The number of hydrogen-bond donors (Lipinski definition) is 2. The van der Waals surface area contributed by atoms with Gasteiger partial charge in [0.2, 0.25) is 0 Å². The maximum absolute atomic E-state index is 3.42. The van der Waals surface area contributed by atoms with Crippen LogP contribution in [0.1, 0.15) is 38.8 Å². The third-order valence-corrected chi connectivity index (χ3v) is 4.44. The summed E-state index contributed by atoms with van der Waals surface area (Å²) < 4.78 is 0. The van der Waals surface area contributed by atoms with Gasteiger partial charge in [-0.05, 0) is 60.4 Å². The molecule has 0 heterocycles. The maximum atomic E-state index is 3.42. The molecule has 3 rings (SSSR count). The zero-order valence-electron chi connectivity index (χ0n) is 13.4. The van der Waals surface area contributed by atoms with Gasteiger partial charge in [0.1, 0.15) is 0 Å². The molecule has 0 spiro atoms. The minimum Gasteiger partial charge on any atom is -0.385 e. The number of anilines is 2. The lowest BCUT2D eigenvalue weighted by atomic mass is 9.82. The van der Waals surface area contributed by atoms with Crippen LogP contribution in [0.15, 0.2) is 36.4 Å². The molecule has 2 aromatic rings. The Morgan fingerprint density at radius 1 is 0.762 bits per heavy atom. The van der Waals surface area contributed by atoms with E-state index in [2.05, 4.69) is 74.7 Å². The summed E-state index contributed by atoms with van der Waals surface area (Å²) in [5, 5.41) is 6.84. The van der Waals surface area contributed by atoms with Gasteiger partial charge in [-0.1, -0.05) is 26.0 Å². The standard InChI is InChI=1S/C19H24N2/c1-5-20-13-7-9-15-16-10-8-14(21-6-2)12-18(16)19(3,4)17(15)11-13/h7-12,20-21H,5-6H2,1-4H3. The predicted molar refractivity (Wildman–Crippen MR) is 92.3 cm³/mol. The SMILES string of the molecule is CCNc1ccc2c(c1)C(C)(C)c1cc(NCC)ccc1-2. The normalized spacial score (nSPS) is 14.5. The number of fused-ring (bicyclic) bond motifs is 3. The summed E-state index contributed by atoms with van der Waals surface area (Å²) in [5.41, 5.74) is 8.07. The van der Waals surface area contributed by atoms with E-state index in [-0.39, 0.29) is 5.41 Å². The first-order valence-electron chi connectivity index (χ1n) is 7.85. The molecule has 0 bridgehead atoms. The van der Waals surface area contributed by atoms with Crippen LogP contribution in [0.25, 0.3) is 11.1 Å². The van der Waals surface area contributed by atoms with E-state index in [1.807, 2.05) is 0 Å². The highest BCUT2D eigenvalue weighted by Gasteiger charge is 2.35. The average Bonchev–Trinajstić information content (AvgIpc) is 2.68. The zero-order valence-corrected chi connectivity index (χ0v) is 13.4. The fraction of sp³-hybridized carbons (Fsp3) is 0.368. The lowest BCUT2D eigenvalue weighted by Crippen LogP contribution is -2.15. The van der Waals surface area contributed by atoms with E-state index in [4.69, 9.17) is 0 Å². The molecule has 0 fully saturated rings. The smallest absolute Gasteiger partial charge is 0.0343 e. The fourth-order valence-electron chi connectivity index (χ4n) is 3.37. The van der Waals surface area contributed by atoms with Gasteiger partial charge in [0.25, 0.3) is 0 Å². The second kappa shape index (κ2) is 5.10. The van der Waals surface area contributed by atoms with Gasteiger partial charge in [0, 0.05) is 29.9 Å². The van der Waals surface area contributed by atoms with Crippen LogP contribution in [0, 0.1) is 0 Å². The summed E-state index contributed by atoms with van der Waals surface area (Å²) >= 11 is 0. The van der Waals surface area contributed by atoms with Gasteiger partial charge in [-0.15, -0.1) is 0 Å². The molecular weight excluding hydrogens is 256 g/mol. The van der Waals surface area contributed by atoms with E-state index >= 15 is 0 Å². The number of hydrogen-bond acceptors (Lipinski definition) is 2. The average molecular weight is 280 g/mol. The Labute approximate surface area is 127 Å². The molecule has 0 unspecified atom stereocenters. The van der Waals surface area contributed by atoms with Crippen molar-refractivity contribution >= 4 is 11.4 Å². The van der Waals surface area contributed by atoms with Gasteiger partial charge in [-0.2, -0.15) is 0 Å². The zero-order chi connectivity index (χ0) is 15.0. The summed E-state index contributed by atoms with van der Waals surface area (Å²) in [4.78, 5) is 0. The highest BCUT2D eigenvalue weighted by molar-refractivity contribution is 5.83. The largest absolute Gasteiger partial charge is 0.385 e. The second-order valence-corrected chi connectivity index (χ2v) is 6.21. The van der Waals surface area contributed by atoms with Gasteiger partial charge in [-0.25, -0.2) is 0 Å². The predicted octanol–water partition coefficient (Wildman–Crippen LogP) is 4.86. The Balaban J connectivity index is 2.12. The molecule has 0 amide bonds. The molecule has 2 nitrogen and oxygen atoms in total. The van der Waals surface area contributed by atoms with E-state index < -0.39 is 0 Å². The molecule has 0 atom stereocenters. The molecule has 2 N–H and O–H groups in total. The van der Waals surface area contributed by atoms with Crippen molar-refractivity contribution in [3.63, 3.8) is 0 Å². The molecule has 0 saturated heterocycles. The van der Waals surface area contributed by atoms with Gasteiger partial charge in [0.05, 0.1) is 0 Å². The van der Waals surface area contributed by atoms with E-state index in [9.17, 15) is 0 Å².